The van der Waals surface area contributed by atoms with Crippen LogP contribution in [-0.2, 0) is 11.2 Å². The Labute approximate surface area is 195 Å². The van der Waals surface area contributed by atoms with Gasteiger partial charge in [-0.3, -0.25) is 9.20 Å². The zero-order chi connectivity index (χ0) is 23.7. The van der Waals surface area contributed by atoms with Crippen LogP contribution < -0.4 is 10.6 Å². The molecule has 1 saturated carbocycles. The largest absolute Gasteiger partial charge is 0.443 e. The number of aromatic nitrogens is 4. The lowest BCUT2D eigenvalue weighted by atomic mass is 10.1. The van der Waals surface area contributed by atoms with Crippen LogP contribution in [0.25, 0.3) is 17.0 Å². The predicted molar refractivity (Wildman–Crippen MR) is 123 cm³/mol. The van der Waals surface area contributed by atoms with Crippen LogP contribution in [0.5, 0.6) is 0 Å². The number of aryl methyl sites for hydroxylation is 1. The maximum atomic E-state index is 12.9. The quantitative estimate of drug-likeness (QED) is 0.430. The van der Waals surface area contributed by atoms with Crippen molar-refractivity contribution < 1.29 is 18.8 Å². The van der Waals surface area contributed by atoms with Crippen LogP contribution in [0.2, 0.25) is 0 Å². The van der Waals surface area contributed by atoms with Crippen molar-refractivity contribution in [2.75, 3.05) is 11.9 Å². The maximum Gasteiger partial charge on any atom is 0.407 e. The normalized spacial score (nSPS) is 14.1. The molecule has 1 aliphatic rings. The average molecular weight is 460 g/mol. The molecule has 0 aliphatic heterocycles. The Morgan fingerprint density at radius 2 is 2.09 bits per heavy atom. The fourth-order valence-electron chi connectivity index (χ4n) is 3.47. The summed E-state index contributed by atoms with van der Waals surface area (Å²) in [6, 6.07) is 11.1. The molecule has 0 saturated heterocycles. The number of anilines is 1. The highest BCUT2D eigenvalue weighted by molar-refractivity contribution is 6.04. The summed E-state index contributed by atoms with van der Waals surface area (Å²) in [6.07, 6.45) is 5.07. The first-order valence-electron chi connectivity index (χ1n) is 11.0. The number of carbonyl (C=O) groups is 2. The van der Waals surface area contributed by atoms with E-state index in [1.807, 2.05) is 44.2 Å². The molecular formula is C24H24N6O4. The Morgan fingerprint density at radius 1 is 1.24 bits per heavy atom. The van der Waals surface area contributed by atoms with Crippen molar-refractivity contribution in [2.24, 2.45) is 0 Å². The van der Waals surface area contributed by atoms with Gasteiger partial charge in [-0.2, -0.15) is 4.98 Å². The fraction of sp³-hybridized carbons (Fsp3) is 0.292. The first-order chi connectivity index (χ1) is 16.4. The molecule has 0 bridgehead atoms. The second-order valence-electron chi connectivity index (χ2n) is 8.58. The Morgan fingerprint density at radius 3 is 2.91 bits per heavy atom. The van der Waals surface area contributed by atoms with Crippen molar-refractivity contribution in [3.8, 4) is 11.4 Å². The molecule has 3 aromatic heterocycles. The summed E-state index contributed by atoms with van der Waals surface area (Å²) in [4.78, 5) is 33.4. The minimum Gasteiger partial charge on any atom is -0.443 e. The molecule has 1 aromatic carbocycles. The van der Waals surface area contributed by atoms with E-state index in [2.05, 4.69) is 25.8 Å². The van der Waals surface area contributed by atoms with Crippen molar-refractivity contribution in [3.63, 3.8) is 0 Å². The molecule has 5 rings (SSSR count). The van der Waals surface area contributed by atoms with Gasteiger partial charge >= 0.3 is 6.09 Å². The number of imidazole rings is 1. The third-order valence-electron chi connectivity index (χ3n) is 5.76. The smallest absolute Gasteiger partial charge is 0.407 e. The highest BCUT2D eigenvalue weighted by Gasteiger charge is 2.41. The van der Waals surface area contributed by atoms with E-state index < -0.39 is 6.09 Å². The molecule has 174 valence electrons. The van der Waals surface area contributed by atoms with Crippen LogP contribution in [0, 0.1) is 6.92 Å². The number of nitrogens with one attached hydrogen (secondary N) is 2. The number of rotatable bonds is 7. The standard InChI is InChI=1S/C24H24N6O4/c1-15-6-7-16(13-17(15)27-22(31)18-14-26-19-5-3-4-12-30(18)19)21-28-20(34-29-21)8-11-25-23(32)33-24(2)9-10-24/h3-7,12-14H,8-11H2,1-2H3,(H,25,32)(H,27,31). The highest BCUT2D eigenvalue weighted by atomic mass is 16.6. The molecule has 0 atom stereocenters. The second kappa shape index (κ2) is 8.62. The van der Waals surface area contributed by atoms with Gasteiger partial charge in [-0.05, 0) is 50.5 Å². The minimum absolute atomic E-state index is 0.272. The van der Waals surface area contributed by atoms with Crippen LogP contribution in [0.4, 0.5) is 10.5 Å². The lowest BCUT2D eigenvalue weighted by molar-refractivity contribution is 0.0933. The first-order valence-corrected chi connectivity index (χ1v) is 11.0. The first kappa shape index (κ1) is 21.6. The van der Waals surface area contributed by atoms with Gasteiger partial charge in [0, 0.05) is 30.4 Å². The summed E-state index contributed by atoms with van der Waals surface area (Å²) in [5, 5.41) is 9.68. The average Bonchev–Trinajstić information content (AvgIpc) is 3.21. The summed E-state index contributed by atoms with van der Waals surface area (Å²) in [7, 11) is 0. The van der Waals surface area contributed by atoms with Crippen LogP contribution in [0.15, 0.2) is 53.3 Å². The van der Waals surface area contributed by atoms with Crippen LogP contribution >= 0.6 is 0 Å². The van der Waals surface area contributed by atoms with Crippen molar-refractivity contribution in [1.29, 1.82) is 0 Å². The molecule has 1 fully saturated rings. The Kier molecular flexibility index (Phi) is 5.48. The van der Waals surface area contributed by atoms with Gasteiger partial charge in [0.15, 0.2) is 0 Å². The number of benzene rings is 1. The molecule has 4 aromatic rings. The van der Waals surface area contributed by atoms with Gasteiger partial charge in [0.05, 0.1) is 6.20 Å². The SMILES string of the molecule is Cc1ccc(-c2noc(CCNC(=O)OC3(C)CC3)n2)cc1NC(=O)c1cnc2ccccn12. The van der Waals surface area contributed by atoms with Crippen LogP contribution in [0.3, 0.4) is 0 Å². The fourth-order valence-corrected chi connectivity index (χ4v) is 3.47. The number of amides is 2. The van der Waals surface area contributed by atoms with Crippen molar-refractivity contribution in [1.82, 2.24) is 24.8 Å². The molecule has 3 heterocycles. The van der Waals surface area contributed by atoms with E-state index in [0.29, 0.717) is 47.3 Å². The number of carbonyl (C=O) groups excluding carboxylic acids is 2. The molecule has 34 heavy (non-hydrogen) atoms. The molecule has 0 unspecified atom stereocenters. The Hall–Kier alpha value is -4.21. The number of alkyl carbamates (subject to hydrolysis) is 1. The number of nitrogens with zero attached hydrogens (tertiary/aromatic N) is 4. The molecule has 2 N–H and O–H groups in total. The van der Waals surface area contributed by atoms with Crippen molar-refractivity contribution in [3.05, 3.63) is 65.9 Å². The zero-order valence-electron chi connectivity index (χ0n) is 18.9. The summed E-state index contributed by atoms with van der Waals surface area (Å²) in [5.41, 5.74) is 3.04. The van der Waals surface area contributed by atoms with Gasteiger partial charge in [0.2, 0.25) is 11.7 Å². The Bertz CT molecular complexity index is 1370. The van der Waals surface area contributed by atoms with Gasteiger partial charge in [0.1, 0.15) is 16.9 Å². The minimum atomic E-state index is -0.440. The van der Waals surface area contributed by atoms with E-state index in [4.69, 9.17) is 9.26 Å². The molecule has 1 aliphatic carbocycles. The molecule has 0 radical (unpaired) electrons. The molecule has 10 nitrogen and oxygen atoms in total. The predicted octanol–water partition coefficient (Wildman–Crippen LogP) is 3.77. The second-order valence-corrected chi connectivity index (χ2v) is 8.58. The summed E-state index contributed by atoms with van der Waals surface area (Å²) < 4.78 is 12.4. The van der Waals surface area contributed by atoms with Crippen LogP contribution in [-0.4, -0.2) is 43.7 Å². The molecule has 2 amide bonds. The van der Waals surface area contributed by atoms with E-state index in [1.54, 1.807) is 22.9 Å². The summed E-state index contributed by atoms with van der Waals surface area (Å²) in [6.45, 7) is 4.14. The van der Waals surface area contributed by atoms with Gasteiger partial charge in [-0.25, -0.2) is 9.78 Å². The van der Waals surface area contributed by atoms with E-state index >= 15 is 0 Å². The van der Waals surface area contributed by atoms with Crippen LogP contribution in [0.1, 0.15) is 41.7 Å². The summed E-state index contributed by atoms with van der Waals surface area (Å²) >= 11 is 0. The van der Waals surface area contributed by atoms with E-state index in [9.17, 15) is 9.59 Å². The number of hydrogen-bond donors (Lipinski definition) is 2. The molecule has 10 heteroatoms. The maximum absolute atomic E-state index is 12.9. The van der Waals surface area contributed by atoms with E-state index in [1.165, 1.54) is 0 Å². The van der Waals surface area contributed by atoms with Gasteiger partial charge in [0.25, 0.3) is 5.91 Å². The van der Waals surface area contributed by atoms with Gasteiger partial charge in [-0.1, -0.05) is 23.4 Å². The Balaban J connectivity index is 1.24. The lowest BCUT2D eigenvalue weighted by Crippen LogP contribution is -2.30. The zero-order valence-corrected chi connectivity index (χ0v) is 18.9. The van der Waals surface area contributed by atoms with Gasteiger partial charge < -0.3 is 19.9 Å². The highest BCUT2D eigenvalue weighted by Crippen LogP contribution is 2.38. The third kappa shape index (κ3) is 4.61. The summed E-state index contributed by atoms with van der Waals surface area (Å²) in [5.74, 6) is 0.518. The number of fused-ring (bicyclic) bond motifs is 1. The number of hydrogen-bond acceptors (Lipinski definition) is 7. The number of ether oxygens (including phenoxy) is 1. The molecular weight excluding hydrogens is 436 g/mol. The lowest BCUT2D eigenvalue weighted by Gasteiger charge is -2.11. The van der Waals surface area contributed by atoms with Crippen molar-refractivity contribution in [2.45, 2.75) is 38.7 Å². The van der Waals surface area contributed by atoms with Crippen molar-refractivity contribution >= 4 is 23.3 Å². The third-order valence-corrected chi connectivity index (χ3v) is 5.76. The topological polar surface area (TPSA) is 124 Å². The van der Waals surface area contributed by atoms with E-state index in [0.717, 1.165) is 18.4 Å². The van der Waals surface area contributed by atoms with E-state index in [-0.39, 0.29) is 11.5 Å². The molecule has 0 spiro atoms. The number of pyridine rings is 1. The monoisotopic (exact) mass is 460 g/mol. The van der Waals surface area contributed by atoms with Gasteiger partial charge in [-0.15, -0.1) is 0 Å².